The number of carbonyl (C=O) groups excluding carboxylic acids is 1. The summed E-state index contributed by atoms with van der Waals surface area (Å²) in [6, 6.07) is 3.16. The molecule has 0 aliphatic carbocycles. The molecule has 0 atom stereocenters. The van der Waals surface area contributed by atoms with Crippen LogP contribution in [0.15, 0.2) is 16.5 Å². The Morgan fingerprint density at radius 1 is 1.42 bits per heavy atom. The van der Waals surface area contributed by atoms with Crippen LogP contribution in [0.1, 0.15) is 31.3 Å². The smallest absolute Gasteiger partial charge is 0.203 e. The van der Waals surface area contributed by atoms with Gasteiger partial charge in [0.25, 0.3) is 0 Å². The lowest BCUT2D eigenvalue weighted by Crippen LogP contribution is -2.19. The van der Waals surface area contributed by atoms with Crippen molar-refractivity contribution in [3.05, 3.63) is 23.1 Å². The minimum atomic E-state index is -0.415. The minimum Gasteiger partial charge on any atom is -0.442 e. The second-order valence-corrected chi connectivity index (χ2v) is 4.06. The normalized spacial score (nSPS) is 11.7. The first kappa shape index (κ1) is 9.33. The van der Waals surface area contributed by atoms with Crippen molar-refractivity contribution < 1.29 is 9.21 Å². The first-order chi connectivity index (χ1) is 5.41. The van der Waals surface area contributed by atoms with Crippen LogP contribution in [-0.2, 0) is 0 Å². The summed E-state index contributed by atoms with van der Waals surface area (Å²) >= 11 is 5.54. The lowest BCUT2D eigenvalue weighted by molar-refractivity contribution is 0.0828. The summed E-state index contributed by atoms with van der Waals surface area (Å²) in [6.45, 7) is 5.52. The number of hydrogen-bond donors (Lipinski definition) is 0. The van der Waals surface area contributed by atoms with Crippen LogP contribution in [0.5, 0.6) is 0 Å². The zero-order chi connectivity index (χ0) is 9.35. The van der Waals surface area contributed by atoms with Gasteiger partial charge in [-0.1, -0.05) is 20.8 Å². The first-order valence-corrected chi connectivity index (χ1v) is 4.09. The second-order valence-electron chi connectivity index (χ2n) is 3.68. The Kier molecular flexibility index (Phi) is 2.29. The molecule has 1 rings (SSSR count). The highest BCUT2D eigenvalue weighted by Gasteiger charge is 2.25. The summed E-state index contributed by atoms with van der Waals surface area (Å²) in [5.74, 6) is 0.293. The zero-order valence-electron chi connectivity index (χ0n) is 7.35. The third-order valence-electron chi connectivity index (χ3n) is 1.48. The highest BCUT2D eigenvalue weighted by Crippen LogP contribution is 2.23. The topological polar surface area (TPSA) is 30.2 Å². The average Bonchev–Trinajstić information content (AvgIpc) is 2.32. The summed E-state index contributed by atoms with van der Waals surface area (Å²) in [5.41, 5.74) is -0.415. The Morgan fingerprint density at radius 2 is 2.00 bits per heavy atom. The lowest BCUT2D eigenvalue weighted by atomic mass is 9.89. The molecule has 0 radical (unpaired) electrons. The number of carbonyl (C=O) groups is 1. The van der Waals surface area contributed by atoms with Gasteiger partial charge in [-0.15, -0.1) is 0 Å². The maximum atomic E-state index is 11.5. The van der Waals surface area contributed by atoms with E-state index >= 15 is 0 Å². The molecule has 66 valence electrons. The zero-order valence-corrected chi connectivity index (χ0v) is 8.11. The number of halogens is 1. The largest absolute Gasteiger partial charge is 0.442 e. The van der Waals surface area contributed by atoms with Crippen LogP contribution in [0.2, 0.25) is 5.22 Å². The van der Waals surface area contributed by atoms with Crippen molar-refractivity contribution in [2.75, 3.05) is 0 Å². The third-order valence-corrected chi connectivity index (χ3v) is 1.68. The van der Waals surface area contributed by atoms with E-state index in [9.17, 15) is 4.79 Å². The highest BCUT2D eigenvalue weighted by molar-refractivity contribution is 6.29. The number of Topliss-reactive ketones (excluding diaryl/α,β-unsaturated/α-hetero) is 1. The monoisotopic (exact) mass is 186 g/mol. The van der Waals surface area contributed by atoms with Gasteiger partial charge in [0.15, 0.2) is 11.0 Å². The van der Waals surface area contributed by atoms with Crippen molar-refractivity contribution in [3.8, 4) is 0 Å². The molecule has 0 saturated carbocycles. The van der Waals surface area contributed by atoms with Gasteiger partial charge in [0, 0.05) is 5.41 Å². The summed E-state index contributed by atoms with van der Waals surface area (Å²) in [6.07, 6.45) is 0. The molecule has 0 bridgehead atoms. The third kappa shape index (κ3) is 1.89. The molecule has 0 aliphatic heterocycles. The standard InChI is InChI=1S/C9H11ClO2/c1-9(2,3)8(11)6-4-5-7(10)12-6/h4-5H,1-3H3. The van der Waals surface area contributed by atoms with E-state index in [1.54, 1.807) is 12.1 Å². The van der Waals surface area contributed by atoms with Crippen LogP contribution in [0.25, 0.3) is 0 Å². The SMILES string of the molecule is CC(C)(C)C(=O)c1ccc(Cl)o1. The maximum absolute atomic E-state index is 11.5. The molecule has 0 spiro atoms. The quantitative estimate of drug-likeness (QED) is 0.631. The van der Waals surface area contributed by atoms with Crippen LogP contribution < -0.4 is 0 Å². The van der Waals surface area contributed by atoms with Crippen molar-refractivity contribution in [3.63, 3.8) is 0 Å². The predicted octanol–water partition coefficient (Wildman–Crippen LogP) is 3.16. The molecule has 0 aromatic carbocycles. The van der Waals surface area contributed by atoms with E-state index in [0.29, 0.717) is 5.76 Å². The van der Waals surface area contributed by atoms with Gasteiger partial charge < -0.3 is 4.42 Å². The molecule has 12 heavy (non-hydrogen) atoms. The predicted molar refractivity (Wildman–Crippen MR) is 47.5 cm³/mol. The number of hydrogen-bond acceptors (Lipinski definition) is 2. The van der Waals surface area contributed by atoms with Crippen LogP contribution in [0.4, 0.5) is 0 Å². The minimum absolute atomic E-state index is 0.0330. The maximum Gasteiger partial charge on any atom is 0.203 e. The molecule has 0 amide bonds. The van der Waals surface area contributed by atoms with E-state index in [2.05, 4.69) is 0 Å². The van der Waals surface area contributed by atoms with Crippen molar-refractivity contribution in [1.82, 2.24) is 0 Å². The van der Waals surface area contributed by atoms with Crippen molar-refractivity contribution in [2.24, 2.45) is 5.41 Å². The Morgan fingerprint density at radius 3 is 2.33 bits per heavy atom. The fourth-order valence-corrected chi connectivity index (χ4v) is 0.952. The number of furan rings is 1. The lowest BCUT2D eigenvalue weighted by Gasteiger charge is -2.13. The fourth-order valence-electron chi connectivity index (χ4n) is 0.806. The molecule has 1 aromatic rings. The fraction of sp³-hybridized carbons (Fsp3) is 0.444. The van der Waals surface area contributed by atoms with Gasteiger partial charge in [0.1, 0.15) is 0 Å². The molecular formula is C9H11ClO2. The molecule has 1 aromatic heterocycles. The molecule has 0 saturated heterocycles. The van der Waals surface area contributed by atoms with E-state index in [1.807, 2.05) is 20.8 Å². The molecule has 3 heteroatoms. The van der Waals surface area contributed by atoms with Crippen molar-refractivity contribution in [1.29, 1.82) is 0 Å². The molecule has 0 unspecified atom stereocenters. The summed E-state index contributed by atoms with van der Waals surface area (Å²) < 4.78 is 4.99. The van der Waals surface area contributed by atoms with E-state index in [-0.39, 0.29) is 11.0 Å². The van der Waals surface area contributed by atoms with E-state index in [1.165, 1.54) is 0 Å². The van der Waals surface area contributed by atoms with Crippen LogP contribution in [-0.4, -0.2) is 5.78 Å². The van der Waals surface area contributed by atoms with Crippen LogP contribution in [0, 0.1) is 5.41 Å². The second kappa shape index (κ2) is 2.94. The number of rotatable bonds is 1. The van der Waals surface area contributed by atoms with Crippen LogP contribution in [0.3, 0.4) is 0 Å². The Hall–Kier alpha value is -0.760. The van der Waals surface area contributed by atoms with Gasteiger partial charge in [-0.25, -0.2) is 0 Å². The van der Waals surface area contributed by atoms with Crippen molar-refractivity contribution in [2.45, 2.75) is 20.8 Å². The molecule has 2 nitrogen and oxygen atoms in total. The van der Waals surface area contributed by atoms with Gasteiger partial charge in [0.05, 0.1) is 0 Å². The summed E-state index contributed by atoms with van der Waals surface area (Å²) in [7, 11) is 0. The average molecular weight is 187 g/mol. The number of ketones is 1. The van der Waals surface area contributed by atoms with Gasteiger partial charge in [-0.05, 0) is 23.7 Å². The van der Waals surface area contributed by atoms with E-state index in [0.717, 1.165) is 0 Å². The van der Waals surface area contributed by atoms with Gasteiger partial charge >= 0.3 is 0 Å². The van der Waals surface area contributed by atoms with Gasteiger partial charge in [-0.2, -0.15) is 0 Å². The summed E-state index contributed by atoms with van der Waals surface area (Å²) in [4.78, 5) is 11.5. The van der Waals surface area contributed by atoms with Crippen molar-refractivity contribution >= 4 is 17.4 Å². The van der Waals surface area contributed by atoms with Gasteiger partial charge in [-0.3, -0.25) is 4.79 Å². The molecule has 0 aliphatic rings. The molecule has 0 fully saturated rings. The Labute approximate surface area is 76.5 Å². The van der Waals surface area contributed by atoms with Gasteiger partial charge in [0.2, 0.25) is 5.78 Å². The highest BCUT2D eigenvalue weighted by atomic mass is 35.5. The molecule has 0 N–H and O–H groups in total. The molecule has 1 heterocycles. The Balaban J connectivity index is 2.93. The van der Waals surface area contributed by atoms with E-state index < -0.39 is 5.41 Å². The molecular weight excluding hydrogens is 176 g/mol. The summed E-state index contributed by atoms with van der Waals surface area (Å²) in [5, 5.41) is 0.252. The first-order valence-electron chi connectivity index (χ1n) is 3.71. The Bertz CT molecular complexity index is 294. The van der Waals surface area contributed by atoms with Crippen LogP contribution >= 0.6 is 11.6 Å². The van der Waals surface area contributed by atoms with E-state index in [4.69, 9.17) is 16.0 Å².